The molecule has 3 aromatic carbocycles. The van der Waals surface area contributed by atoms with Crippen molar-refractivity contribution in [3.63, 3.8) is 0 Å². The lowest BCUT2D eigenvalue weighted by Gasteiger charge is -2.25. The van der Waals surface area contributed by atoms with Crippen LogP contribution in [0.2, 0.25) is 5.02 Å². The molecule has 0 aliphatic heterocycles. The van der Waals surface area contributed by atoms with Gasteiger partial charge in [-0.25, -0.2) is 4.79 Å². The minimum absolute atomic E-state index is 0.224. The zero-order valence-electron chi connectivity index (χ0n) is 19.1. The molecule has 1 amide bonds. The molecular formula is C27H24ClNO4S. The minimum atomic E-state index is -1.21. The predicted molar refractivity (Wildman–Crippen MR) is 138 cm³/mol. The number of amides is 1. The number of hydrogen-bond acceptors (Lipinski definition) is 5. The zero-order chi connectivity index (χ0) is 24.3. The van der Waals surface area contributed by atoms with Crippen molar-refractivity contribution in [3.05, 3.63) is 82.7 Å². The van der Waals surface area contributed by atoms with E-state index in [1.807, 2.05) is 47.8 Å². The predicted octanol–water partition coefficient (Wildman–Crippen LogP) is 7.19. The fourth-order valence-corrected chi connectivity index (χ4v) is 4.68. The molecule has 0 atom stereocenters. The van der Waals surface area contributed by atoms with E-state index in [-0.39, 0.29) is 12.5 Å². The molecule has 0 radical (unpaired) electrons. The van der Waals surface area contributed by atoms with Crippen molar-refractivity contribution in [1.82, 2.24) is 0 Å². The van der Waals surface area contributed by atoms with E-state index in [0.29, 0.717) is 26.9 Å². The van der Waals surface area contributed by atoms with Gasteiger partial charge in [0, 0.05) is 16.0 Å². The van der Waals surface area contributed by atoms with Gasteiger partial charge in [-0.05, 0) is 61.4 Å². The minimum Gasteiger partial charge on any atom is -0.478 e. The maximum Gasteiger partial charge on any atom is 0.341 e. The van der Waals surface area contributed by atoms with Crippen LogP contribution >= 0.6 is 22.9 Å². The van der Waals surface area contributed by atoms with Crippen molar-refractivity contribution < 1.29 is 19.1 Å². The summed E-state index contributed by atoms with van der Waals surface area (Å²) in [6.45, 7) is 5.31. The van der Waals surface area contributed by atoms with Crippen molar-refractivity contribution in [2.24, 2.45) is 0 Å². The third kappa shape index (κ3) is 4.93. The Labute approximate surface area is 207 Å². The Kier molecular flexibility index (Phi) is 6.91. The van der Waals surface area contributed by atoms with Crippen LogP contribution in [0.1, 0.15) is 31.1 Å². The van der Waals surface area contributed by atoms with Crippen molar-refractivity contribution in [2.75, 3.05) is 11.9 Å². The molecule has 0 unspecified atom stereocenters. The van der Waals surface area contributed by atoms with Gasteiger partial charge in [-0.1, -0.05) is 54.1 Å². The molecular weight excluding hydrogens is 470 g/mol. The van der Waals surface area contributed by atoms with Gasteiger partial charge in [0.2, 0.25) is 0 Å². The smallest absolute Gasteiger partial charge is 0.341 e. The number of hydrogen-bond donors (Lipinski definition) is 1. The second-order valence-corrected chi connectivity index (χ2v) is 9.44. The highest BCUT2D eigenvalue weighted by Crippen LogP contribution is 2.39. The molecule has 7 heteroatoms. The van der Waals surface area contributed by atoms with Crippen LogP contribution in [-0.4, -0.2) is 24.1 Å². The topological polar surface area (TPSA) is 64.6 Å². The fraction of sp³-hybridized carbons (Fsp3) is 0.185. The van der Waals surface area contributed by atoms with E-state index in [1.54, 1.807) is 45.0 Å². The van der Waals surface area contributed by atoms with E-state index in [0.717, 1.165) is 16.3 Å². The first kappa shape index (κ1) is 23.8. The van der Waals surface area contributed by atoms with E-state index in [2.05, 4.69) is 5.32 Å². The molecule has 1 heterocycles. The molecule has 0 aliphatic rings. The van der Waals surface area contributed by atoms with E-state index in [9.17, 15) is 9.59 Å². The molecule has 0 bridgehead atoms. The standard InChI is InChI=1S/C27H24ClNO4S/c1-4-32-25(30)23-22(21-11-7-9-17-8-5-6-10-20(17)21)16-34-24(23)29-26(31)27(2,3)33-19-14-12-18(28)13-15-19/h5-16H,4H2,1-3H3,(H,29,31). The number of esters is 1. The number of carbonyl (C=O) groups is 2. The fourth-order valence-electron chi connectivity index (χ4n) is 3.61. The number of anilines is 1. The zero-order valence-corrected chi connectivity index (χ0v) is 20.6. The summed E-state index contributed by atoms with van der Waals surface area (Å²) in [5.74, 6) is -0.365. The SMILES string of the molecule is CCOC(=O)c1c(-c2cccc3ccccc23)csc1NC(=O)C(C)(C)Oc1ccc(Cl)cc1. The van der Waals surface area contributed by atoms with Crippen LogP contribution in [0.4, 0.5) is 5.00 Å². The number of fused-ring (bicyclic) bond motifs is 1. The number of rotatable bonds is 7. The third-order valence-corrected chi connectivity index (χ3v) is 6.46. The summed E-state index contributed by atoms with van der Waals surface area (Å²) in [4.78, 5) is 26.2. The van der Waals surface area contributed by atoms with Gasteiger partial charge in [0.1, 0.15) is 16.3 Å². The molecule has 174 valence electrons. The van der Waals surface area contributed by atoms with Crippen LogP contribution in [0.5, 0.6) is 5.75 Å². The average molecular weight is 494 g/mol. The molecule has 1 N–H and O–H groups in total. The van der Waals surface area contributed by atoms with Crippen molar-refractivity contribution in [1.29, 1.82) is 0 Å². The van der Waals surface area contributed by atoms with Crippen LogP contribution in [0.3, 0.4) is 0 Å². The number of nitrogens with one attached hydrogen (secondary N) is 1. The van der Waals surface area contributed by atoms with Gasteiger partial charge in [-0.2, -0.15) is 0 Å². The summed E-state index contributed by atoms with van der Waals surface area (Å²) < 4.78 is 11.3. The molecule has 5 nitrogen and oxygen atoms in total. The summed E-state index contributed by atoms with van der Waals surface area (Å²) in [7, 11) is 0. The van der Waals surface area contributed by atoms with Crippen LogP contribution in [0.15, 0.2) is 72.1 Å². The highest BCUT2D eigenvalue weighted by atomic mass is 35.5. The summed E-state index contributed by atoms with van der Waals surface area (Å²) >= 11 is 7.22. The lowest BCUT2D eigenvalue weighted by Crippen LogP contribution is -2.42. The quantitative estimate of drug-likeness (QED) is 0.276. The van der Waals surface area contributed by atoms with Crippen LogP contribution in [0.25, 0.3) is 21.9 Å². The van der Waals surface area contributed by atoms with E-state index >= 15 is 0 Å². The average Bonchev–Trinajstić information content (AvgIpc) is 3.23. The summed E-state index contributed by atoms with van der Waals surface area (Å²) in [6, 6.07) is 20.7. The monoisotopic (exact) mass is 493 g/mol. The first-order valence-electron chi connectivity index (χ1n) is 10.8. The number of thiophene rings is 1. The van der Waals surface area contributed by atoms with Gasteiger partial charge in [-0.15, -0.1) is 11.3 Å². The van der Waals surface area contributed by atoms with E-state index < -0.39 is 11.6 Å². The second kappa shape index (κ2) is 9.87. The van der Waals surface area contributed by atoms with E-state index in [1.165, 1.54) is 11.3 Å². The van der Waals surface area contributed by atoms with Crippen molar-refractivity contribution in [2.45, 2.75) is 26.4 Å². The van der Waals surface area contributed by atoms with Crippen LogP contribution in [0, 0.1) is 0 Å². The first-order valence-corrected chi connectivity index (χ1v) is 12.1. The molecule has 0 saturated heterocycles. The Morgan fingerprint density at radius 2 is 1.68 bits per heavy atom. The second-order valence-electron chi connectivity index (χ2n) is 8.12. The molecule has 0 saturated carbocycles. The van der Waals surface area contributed by atoms with Crippen LogP contribution in [-0.2, 0) is 9.53 Å². The van der Waals surface area contributed by atoms with Crippen molar-refractivity contribution >= 4 is 50.6 Å². The summed E-state index contributed by atoms with van der Waals surface area (Å²) in [5, 5.41) is 7.82. The number of halogens is 1. The molecule has 4 rings (SSSR count). The maximum atomic E-state index is 13.2. The van der Waals surface area contributed by atoms with Gasteiger partial charge in [0.05, 0.1) is 6.61 Å². The van der Waals surface area contributed by atoms with Gasteiger partial charge >= 0.3 is 5.97 Å². The lowest BCUT2D eigenvalue weighted by molar-refractivity contribution is -0.128. The Morgan fingerprint density at radius 3 is 2.41 bits per heavy atom. The first-order chi connectivity index (χ1) is 16.3. The number of benzene rings is 3. The Hall–Kier alpha value is -3.35. The molecule has 1 aromatic heterocycles. The Balaban J connectivity index is 1.69. The number of ether oxygens (including phenoxy) is 2. The van der Waals surface area contributed by atoms with Gasteiger partial charge in [0.25, 0.3) is 5.91 Å². The molecule has 0 spiro atoms. The largest absolute Gasteiger partial charge is 0.478 e. The highest BCUT2D eigenvalue weighted by molar-refractivity contribution is 7.15. The van der Waals surface area contributed by atoms with Gasteiger partial charge < -0.3 is 14.8 Å². The molecule has 0 fully saturated rings. The molecule has 0 aliphatic carbocycles. The third-order valence-electron chi connectivity index (χ3n) is 5.31. The Bertz CT molecular complexity index is 1340. The normalized spacial score (nSPS) is 11.3. The Morgan fingerprint density at radius 1 is 0.971 bits per heavy atom. The molecule has 34 heavy (non-hydrogen) atoms. The highest BCUT2D eigenvalue weighted by Gasteiger charge is 2.32. The van der Waals surface area contributed by atoms with Crippen molar-refractivity contribution in [3.8, 4) is 16.9 Å². The molecule has 4 aromatic rings. The maximum absolute atomic E-state index is 13.2. The van der Waals surface area contributed by atoms with E-state index in [4.69, 9.17) is 21.1 Å². The van der Waals surface area contributed by atoms with Gasteiger partial charge in [0.15, 0.2) is 5.60 Å². The van der Waals surface area contributed by atoms with Crippen LogP contribution < -0.4 is 10.1 Å². The summed E-state index contributed by atoms with van der Waals surface area (Å²) in [6.07, 6.45) is 0. The van der Waals surface area contributed by atoms with Gasteiger partial charge in [-0.3, -0.25) is 4.79 Å². The lowest BCUT2D eigenvalue weighted by atomic mass is 9.97. The number of carbonyl (C=O) groups excluding carboxylic acids is 2. The summed E-state index contributed by atoms with van der Waals surface area (Å²) in [5.41, 5.74) is 0.740.